The van der Waals surface area contributed by atoms with Gasteiger partial charge in [0.05, 0.1) is 11.1 Å². The number of anilines is 1. The van der Waals surface area contributed by atoms with Crippen LogP contribution in [0, 0.1) is 22.6 Å². The molecule has 1 aromatic rings. The number of rotatable bonds is 3. The van der Waals surface area contributed by atoms with Gasteiger partial charge in [0.25, 0.3) is 0 Å². The molecule has 112 valence electrons. The highest BCUT2D eigenvalue weighted by atomic mass is 19.1. The summed E-state index contributed by atoms with van der Waals surface area (Å²) < 4.78 is 13.6. The van der Waals surface area contributed by atoms with Crippen molar-refractivity contribution in [1.82, 2.24) is 0 Å². The molecular weight excluding hydrogens is 269 g/mol. The van der Waals surface area contributed by atoms with Crippen molar-refractivity contribution in [2.24, 2.45) is 11.1 Å². The number of hydrogen-bond acceptors (Lipinski definition) is 3. The Morgan fingerprint density at radius 3 is 2.57 bits per heavy atom. The van der Waals surface area contributed by atoms with E-state index in [1.807, 2.05) is 0 Å². The Bertz CT molecular complexity index is 557. The molecule has 0 aromatic heterocycles. The zero-order valence-electron chi connectivity index (χ0n) is 12.0. The summed E-state index contributed by atoms with van der Waals surface area (Å²) >= 11 is 0. The quantitative estimate of drug-likeness (QED) is 0.840. The SMILES string of the molecule is N#Cc1c(F)cccc1NC(=O)C1(CN)CCCCCC1. The Kier molecular flexibility index (Phi) is 4.92. The number of carbonyl (C=O) groups is 1. The van der Waals surface area contributed by atoms with E-state index < -0.39 is 11.2 Å². The van der Waals surface area contributed by atoms with Crippen LogP contribution in [0.25, 0.3) is 0 Å². The lowest BCUT2D eigenvalue weighted by Crippen LogP contribution is -2.42. The topological polar surface area (TPSA) is 78.9 Å². The van der Waals surface area contributed by atoms with Crippen LogP contribution in [-0.2, 0) is 4.79 Å². The summed E-state index contributed by atoms with van der Waals surface area (Å²) in [5, 5.41) is 11.7. The standard InChI is InChI=1S/C16H20FN3O/c17-13-6-5-7-14(12(13)10-18)20-15(21)16(11-19)8-3-1-2-4-9-16/h5-7H,1-4,8-9,11,19H2,(H,20,21). The van der Waals surface area contributed by atoms with Gasteiger partial charge in [-0.2, -0.15) is 5.26 Å². The van der Waals surface area contributed by atoms with Crippen molar-refractivity contribution in [3.63, 3.8) is 0 Å². The van der Waals surface area contributed by atoms with Crippen molar-refractivity contribution < 1.29 is 9.18 Å². The summed E-state index contributed by atoms with van der Waals surface area (Å²) in [5.74, 6) is -0.827. The first-order valence-corrected chi connectivity index (χ1v) is 7.33. The minimum absolute atomic E-state index is 0.133. The second-order valence-electron chi connectivity index (χ2n) is 5.63. The molecule has 21 heavy (non-hydrogen) atoms. The van der Waals surface area contributed by atoms with Crippen LogP contribution in [0.4, 0.5) is 10.1 Å². The molecule has 0 spiro atoms. The van der Waals surface area contributed by atoms with Gasteiger partial charge in [0.1, 0.15) is 17.4 Å². The van der Waals surface area contributed by atoms with Crippen LogP contribution in [0.15, 0.2) is 18.2 Å². The Labute approximate surface area is 124 Å². The maximum absolute atomic E-state index is 13.6. The van der Waals surface area contributed by atoms with Crippen molar-refractivity contribution in [3.8, 4) is 6.07 Å². The van der Waals surface area contributed by atoms with Gasteiger partial charge in [0.15, 0.2) is 0 Å². The number of nitrogens with one attached hydrogen (secondary N) is 1. The molecule has 1 aliphatic rings. The highest BCUT2D eigenvalue weighted by Gasteiger charge is 2.37. The number of nitrogens with two attached hydrogens (primary N) is 1. The Balaban J connectivity index is 2.24. The highest BCUT2D eigenvalue weighted by Crippen LogP contribution is 2.35. The van der Waals surface area contributed by atoms with E-state index in [1.165, 1.54) is 12.1 Å². The Morgan fingerprint density at radius 2 is 2.00 bits per heavy atom. The molecule has 0 heterocycles. The fourth-order valence-corrected chi connectivity index (χ4v) is 2.93. The van der Waals surface area contributed by atoms with Crippen LogP contribution in [0.3, 0.4) is 0 Å². The third kappa shape index (κ3) is 3.22. The minimum atomic E-state index is -0.627. The van der Waals surface area contributed by atoms with Crippen LogP contribution in [0.2, 0.25) is 0 Å². The molecule has 2 rings (SSSR count). The molecule has 3 N–H and O–H groups in total. The first-order valence-electron chi connectivity index (χ1n) is 7.33. The van der Waals surface area contributed by atoms with E-state index in [-0.39, 0.29) is 23.7 Å². The van der Waals surface area contributed by atoms with Crippen molar-refractivity contribution in [1.29, 1.82) is 5.26 Å². The van der Waals surface area contributed by atoms with E-state index in [4.69, 9.17) is 11.0 Å². The molecule has 0 radical (unpaired) electrons. The number of hydrogen-bond donors (Lipinski definition) is 2. The monoisotopic (exact) mass is 289 g/mol. The summed E-state index contributed by atoms with van der Waals surface area (Å²) in [6.07, 6.45) is 5.65. The Morgan fingerprint density at radius 1 is 1.33 bits per heavy atom. The second-order valence-corrected chi connectivity index (χ2v) is 5.63. The van der Waals surface area contributed by atoms with Crippen molar-refractivity contribution in [2.75, 3.05) is 11.9 Å². The lowest BCUT2D eigenvalue weighted by molar-refractivity contribution is -0.125. The summed E-state index contributed by atoms with van der Waals surface area (Å²) in [6, 6.07) is 6.02. The molecule has 0 bridgehead atoms. The van der Waals surface area contributed by atoms with E-state index in [1.54, 1.807) is 12.1 Å². The number of nitriles is 1. The van der Waals surface area contributed by atoms with Crippen LogP contribution in [0.1, 0.15) is 44.1 Å². The van der Waals surface area contributed by atoms with Gasteiger partial charge in [-0.05, 0) is 25.0 Å². The highest BCUT2D eigenvalue weighted by molar-refractivity contribution is 5.96. The maximum atomic E-state index is 13.6. The number of halogens is 1. The zero-order valence-corrected chi connectivity index (χ0v) is 12.0. The lowest BCUT2D eigenvalue weighted by Gasteiger charge is -2.30. The van der Waals surface area contributed by atoms with Gasteiger partial charge in [-0.15, -0.1) is 0 Å². The predicted molar refractivity (Wildman–Crippen MR) is 78.9 cm³/mol. The van der Waals surface area contributed by atoms with Crippen LogP contribution >= 0.6 is 0 Å². The average molecular weight is 289 g/mol. The van der Waals surface area contributed by atoms with Crippen LogP contribution in [-0.4, -0.2) is 12.5 Å². The van der Waals surface area contributed by atoms with Crippen molar-refractivity contribution in [3.05, 3.63) is 29.6 Å². The molecule has 1 aliphatic carbocycles. The van der Waals surface area contributed by atoms with E-state index in [0.29, 0.717) is 0 Å². The molecule has 0 atom stereocenters. The molecule has 4 nitrogen and oxygen atoms in total. The minimum Gasteiger partial charge on any atom is -0.329 e. The zero-order chi connectivity index (χ0) is 15.3. The van der Waals surface area contributed by atoms with Gasteiger partial charge in [-0.25, -0.2) is 4.39 Å². The molecule has 1 fully saturated rings. The number of amides is 1. The molecular formula is C16H20FN3O. The number of nitrogens with zero attached hydrogens (tertiary/aromatic N) is 1. The van der Waals surface area contributed by atoms with Crippen LogP contribution in [0.5, 0.6) is 0 Å². The smallest absolute Gasteiger partial charge is 0.231 e. The predicted octanol–water partition coefficient (Wildman–Crippen LogP) is 2.94. The summed E-state index contributed by atoms with van der Waals surface area (Å²) in [7, 11) is 0. The third-order valence-corrected chi connectivity index (χ3v) is 4.31. The van der Waals surface area contributed by atoms with E-state index in [9.17, 15) is 9.18 Å². The fourth-order valence-electron chi connectivity index (χ4n) is 2.93. The maximum Gasteiger partial charge on any atom is 0.231 e. The van der Waals surface area contributed by atoms with Gasteiger partial charge in [0, 0.05) is 6.54 Å². The summed E-state index contributed by atoms with van der Waals surface area (Å²) in [5.41, 5.74) is 5.35. The Hall–Kier alpha value is -1.93. The van der Waals surface area contributed by atoms with Crippen LogP contribution < -0.4 is 11.1 Å². The van der Waals surface area contributed by atoms with Crippen molar-refractivity contribution >= 4 is 11.6 Å². The molecule has 0 saturated heterocycles. The largest absolute Gasteiger partial charge is 0.329 e. The number of carbonyl (C=O) groups excluding carboxylic acids is 1. The first kappa shape index (κ1) is 15.5. The number of benzene rings is 1. The van der Waals surface area contributed by atoms with Gasteiger partial charge in [-0.1, -0.05) is 31.7 Å². The van der Waals surface area contributed by atoms with Gasteiger partial charge >= 0.3 is 0 Å². The van der Waals surface area contributed by atoms with Gasteiger partial charge in [-0.3, -0.25) is 4.79 Å². The third-order valence-electron chi connectivity index (χ3n) is 4.31. The molecule has 0 unspecified atom stereocenters. The van der Waals surface area contributed by atoms with Gasteiger partial charge in [0.2, 0.25) is 5.91 Å². The van der Waals surface area contributed by atoms with E-state index in [0.717, 1.165) is 38.5 Å². The molecule has 1 saturated carbocycles. The van der Waals surface area contributed by atoms with Gasteiger partial charge < -0.3 is 11.1 Å². The molecule has 1 aromatic carbocycles. The lowest BCUT2D eigenvalue weighted by atomic mass is 9.79. The first-order chi connectivity index (χ1) is 10.1. The second kappa shape index (κ2) is 6.68. The normalized spacial score (nSPS) is 17.6. The van der Waals surface area contributed by atoms with Crippen molar-refractivity contribution in [2.45, 2.75) is 38.5 Å². The summed E-state index contributed by atoms with van der Waals surface area (Å²) in [6.45, 7) is 0.274. The van der Waals surface area contributed by atoms with E-state index in [2.05, 4.69) is 5.32 Å². The molecule has 1 amide bonds. The average Bonchev–Trinajstić information content (AvgIpc) is 2.74. The van der Waals surface area contributed by atoms with E-state index >= 15 is 0 Å². The summed E-state index contributed by atoms with van der Waals surface area (Å²) in [4.78, 5) is 12.6. The fraction of sp³-hybridized carbons (Fsp3) is 0.500. The molecule has 5 heteroatoms. The molecule has 0 aliphatic heterocycles.